The Kier molecular flexibility index (Phi) is 5.98. The van der Waals surface area contributed by atoms with Gasteiger partial charge in [-0.05, 0) is 42.1 Å². The van der Waals surface area contributed by atoms with Crippen LogP contribution in [-0.2, 0) is 17.9 Å². The Labute approximate surface area is 154 Å². The summed E-state index contributed by atoms with van der Waals surface area (Å²) in [6.45, 7) is 2.97. The van der Waals surface area contributed by atoms with Gasteiger partial charge < -0.3 is 10.1 Å². The van der Waals surface area contributed by atoms with Crippen LogP contribution in [-0.4, -0.2) is 10.9 Å². The minimum Gasteiger partial charge on any atom is -0.487 e. The summed E-state index contributed by atoms with van der Waals surface area (Å²) >= 11 is 3.24. The molecule has 1 aromatic carbocycles. The molecule has 6 heteroatoms. The molecule has 2 heterocycles. The number of ether oxygens (including phenoxy) is 1. The maximum absolute atomic E-state index is 11.9. The molecule has 0 bridgehead atoms. The molecule has 0 saturated carbocycles. The highest BCUT2D eigenvalue weighted by molar-refractivity contribution is 7.10. The standard InChI is InChI=1S/C19H18N2O2S2/c1-14-21-16(13-25-14)12-23-17-5-2-4-15(10-17)7-8-19(22)20-11-18-6-3-9-24-18/h2-10,13H,11-12H2,1H3,(H,20,22)/b8-7+. The van der Waals surface area contributed by atoms with Crippen LogP contribution < -0.4 is 10.1 Å². The molecule has 1 amide bonds. The molecule has 0 fully saturated rings. The monoisotopic (exact) mass is 370 g/mol. The molecular formula is C19H18N2O2S2. The summed E-state index contributed by atoms with van der Waals surface area (Å²) in [4.78, 5) is 17.4. The zero-order valence-electron chi connectivity index (χ0n) is 13.8. The van der Waals surface area contributed by atoms with Crippen LogP contribution >= 0.6 is 22.7 Å². The first-order valence-electron chi connectivity index (χ1n) is 7.81. The van der Waals surface area contributed by atoms with Crippen molar-refractivity contribution in [1.82, 2.24) is 10.3 Å². The Morgan fingerprint density at radius 3 is 2.96 bits per heavy atom. The van der Waals surface area contributed by atoms with E-state index in [1.165, 1.54) is 6.08 Å². The number of thiophene rings is 1. The van der Waals surface area contributed by atoms with Gasteiger partial charge in [0.05, 0.1) is 17.2 Å². The lowest BCUT2D eigenvalue weighted by molar-refractivity contribution is -0.116. The van der Waals surface area contributed by atoms with Crippen LogP contribution in [0.2, 0.25) is 0 Å². The number of carbonyl (C=O) groups excluding carboxylic acids is 1. The van der Waals surface area contributed by atoms with Gasteiger partial charge in [0, 0.05) is 16.3 Å². The molecule has 0 aliphatic heterocycles. The summed E-state index contributed by atoms with van der Waals surface area (Å²) in [5, 5.41) is 7.89. The first-order chi connectivity index (χ1) is 12.2. The van der Waals surface area contributed by atoms with Gasteiger partial charge in [0.2, 0.25) is 5.91 Å². The molecule has 0 spiro atoms. The van der Waals surface area contributed by atoms with Gasteiger partial charge in [-0.2, -0.15) is 0 Å². The fraction of sp³-hybridized carbons (Fsp3) is 0.158. The lowest BCUT2D eigenvalue weighted by Crippen LogP contribution is -2.19. The fourth-order valence-corrected chi connectivity index (χ4v) is 3.40. The van der Waals surface area contributed by atoms with E-state index in [1.807, 2.05) is 54.1 Å². The molecular weight excluding hydrogens is 352 g/mol. The predicted molar refractivity (Wildman–Crippen MR) is 103 cm³/mol. The molecule has 0 radical (unpaired) electrons. The van der Waals surface area contributed by atoms with Gasteiger partial charge in [-0.3, -0.25) is 4.79 Å². The van der Waals surface area contributed by atoms with Crippen LogP contribution in [0.1, 0.15) is 21.1 Å². The normalized spacial score (nSPS) is 10.9. The number of carbonyl (C=O) groups is 1. The molecule has 128 valence electrons. The maximum Gasteiger partial charge on any atom is 0.244 e. The van der Waals surface area contributed by atoms with E-state index >= 15 is 0 Å². The van der Waals surface area contributed by atoms with Crippen LogP contribution in [0.3, 0.4) is 0 Å². The number of amides is 1. The van der Waals surface area contributed by atoms with Crippen LogP contribution in [0.25, 0.3) is 6.08 Å². The fourth-order valence-electron chi connectivity index (χ4n) is 2.16. The van der Waals surface area contributed by atoms with Crippen molar-refractivity contribution < 1.29 is 9.53 Å². The lowest BCUT2D eigenvalue weighted by atomic mass is 10.2. The maximum atomic E-state index is 11.9. The Morgan fingerprint density at radius 1 is 1.28 bits per heavy atom. The van der Waals surface area contributed by atoms with Gasteiger partial charge in [-0.15, -0.1) is 22.7 Å². The van der Waals surface area contributed by atoms with E-state index < -0.39 is 0 Å². The number of rotatable bonds is 7. The lowest BCUT2D eigenvalue weighted by Gasteiger charge is -2.05. The number of nitrogens with one attached hydrogen (secondary N) is 1. The van der Waals surface area contributed by atoms with Gasteiger partial charge in [0.1, 0.15) is 12.4 Å². The third-order valence-corrected chi connectivity index (χ3v) is 5.05. The number of hydrogen-bond acceptors (Lipinski definition) is 5. The number of aryl methyl sites for hydroxylation is 1. The van der Waals surface area contributed by atoms with Crippen molar-refractivity contribution in [2.75, 3.05) is 0 Å². The van der Waals surface area contributed by atoms with E-state index in [4.69, 9.17) is 4.74 Å². The second kappa shape index (κ2) is 8.60. The highest BCUT2D eigenvalue weighted by atomic mass is 32.1. The number of benzene rings is 1. The molecule has 3 rings (SSSR count). The summed E-state index contributed by atoms with van der Waals surface area (Å²) in [5.41, 5.74) is 1.84. The third kappa shape index (κ3) is 5.55. The van der Waals surface area contributed by atoms with Crippen molar-refractivity contribution in [2.24, 2.45) is 0 Å². The zero-order valence-corrected chi connectivity index (χ0v) is 15.4. The molecule has 0 aliphatic carbocycles. The summed E-state index contributed by atoms with van der Waals surface area (Å²) in [7, 11) is 0. The summed E-state index contributed by atoms with van der Waals surface area (Å²) in [6, 6.07) is 11.6. The quantitative estimate of drug-likeness (QED) is 0.626. The van der Waals surface area contributed by atoms with Crippen LogP contribution in [0.15, 0.2) is 53.2 Å². The molecule has 3 aromatic rings. The first kappa shape index (κ1) is 17.4. The average molecular weight is 370 g/mol. The Balaban J connectivity index is 1.52. The van der Waals surface area contributed by atoms with Crippen LogP contribution in [0.5, 0.6) is 5.75 Å². The summed E-state index contributed by atoms with van der Waals surface area (Å²) < 4.78 is 5.76. The zero-order chi connectivity index (χ0) is 17.5. The van der Waals surface area contributed by atoms with E-state index in [1.54, 1.807) is 28.7 Å². The van der Waals surface area contributed by atoms with Crippen molar-refractivity contribution in [3.8, 4) is 5.75 Å². The predicted octanol–water partition coefficient (Wildman–Crippen LogP) is 4.42. The highest BCUT2D eigenvalue weighted by Gasteiger charge is 2.01. The van der Waals surface area contributed by atoms with E-state index in [2.05, 4.69) is 10.3 Å². The molecule has 25 heavy (non-hydrogen) atoms. The highest BCUT2D eigenvalue weighted by Crippen LogP contribution is 2.17. The number of nitrogens with zero attached hydrogens (tertiary/aromatic N) is 1. The first-order valence-corrected chi connectivity index (χ1v) is 9.57. The SMILES string of the molecule is Cc1nc(COc2cccc(/C=C/C(=O)NCc3cccs3)c2)cs1. The minimum absolute atomic E-state index is 0.113. The number of thiazole rings is 1. The molecule has 1 N–H and O–H groups in total. The molecule has 0 atom stereocenters. The number of hydrogen-bond donors (Lipinski definition) is 1. The second-order valence-corrected chi connectivity index (χ2v) is 7.44. The van der Waals surface area contributed by atoms with E-state index in [0.717, 1.165) is 26.9 Å². The Morgan fingerprint density at radius 2 is 2.20 bits per heavy atom. The third-order valence-electron chi connectivity index (χ3n) is 3.36. The topological polar surface area (TPSA) is 51.2 Å². The van der Waals surface area contributed by atoms with Gasteiger partial charge in [0.15, 0.2) is 0 Å². The van der Waals surface area contributed by atoms with Gasteiger partial charge in [0.25, 0.3) is 0 Å². The van der Waals surface area contributed by atoms with Crippen LogP contribution in [0, 0.1) is 6.92 Å². The van der Waals surface area contributed by atoms with E-state index in [-0.39, 0.29) is 5.91 Å². The van der Waals surface area contributed by atoms with Gasteiger partial charge in [-0.25, -0.2) is 4.98 Å². The van der Waals surface area contributed by atoms with E-state index in [0.29, 0.717) is 13.2 Å². The minimum atomic E-state index is -0.113. The largest absolute Gasteiger partial charge is 0.487 e. The smallest absolute Gasteiger partial charge is 0.244 e. The van der Waals surface area contributed by atoms with Crippen molar-refractivity contribution in [3.05, 3.63) is 74.4 Å². The van der Waals surface area contributed by atoms with Crippen molar-refractivity contribution >= 4 is 34.7 Å². The van der Waals surface area contributed by atoms with E-state index in [9.17, 15) is 4.79 Å². The van der Waals surface area contributed by atoms with Crippen molar-refractivity contribution in [2.45, 2.75) is 20.1 Å². The Hall–Kier alpha value is -2.44. The molecule has 0 aliphatic rings. The Bertz CT molecular complexity index is 854. The second-order valence-electron chi connectivity index (χ2n) is 5.35. The van der Waals surface area contributed by atoms with Gasteiger partial charge in [-0.1, -0.05) is 18.2 Å². The number of aromatic nitrogens is 1. The molecule has 0 unspecified atom stereocenters. The molecule has 4 nitrogen and oxygen atoms in total. The molecule has 2 aromatic heterocycles. The summed E-state index contributed by atoms with van der Waals surface area (Å²) in [6.07, 6.45) is 3.32. The average Bonchev–Trinajstić information content (AvgIpc) is 3.28. The molecule has 0 saturated heterocycles. The van der Waals surface area contributed by atoms with Crippen molar-refractivity contribution in [1.29, 1.82) is 0 Å². The summed E-state index contributed by atoms with van der Waals surface area (Å²) in [5.74, 6) is 0.643. The van der Waals surface area contributed by atoms with Crippen LogP contribution in [0.4, 0.5) is 0 Å². The van der Waals surface area contributed by atoms with Gasteiger partial charge >= 0.3 is 0 Å². The van der Waals surface area contributed by atoms with Crippen molar-refractivity contribution in [3.63, 3.8) is 0 Å².